The van der Waals surface area contributed by atoms with Gasteiger partial charge in [0, 0.05) is 12.4 Å². The number of anilines is 1. The topological polar surface area (TPSA) is 64.1 Å². The third kappa shape index (κ3) is 3.27. The quantitative estimate of drug-likeness (QED) is 0.798. The second kappa shape index (κ2) is 6.49. The molecule has 1 amide bonds. The zero-order chi connectivity index (χ0) is 15.2. The van der Waals surface area contributed by atoms with E-state index in [-0.39, 0.29) is 11.9 Å². The van der Waals surface area contributed by atoms with E-state index in [1.165, 1.54) is 0 Å². The predicted octanol–water partition coefficient (Wildman–Crippen LogP) is 3.52. The maximum atomic E-state index is 12.4. The van der Waals surface area contributed by atoms with E-state index in [0.717, 1.165) is 0 Å². The van der Waals surface area contributed by atoms with E-state index in [4.69, 9.17) is 4.74 Å². The Morgan fingerprint density at radius 1 is 0.864 bits per heavy atom. The third-order valence-electron chi connectivity index (χ3n) is 2.89. The minimum Gasteiger partial charge on any atom is -0.457 e. The Labute approximate surface area is 127 Å². The molecular formula is C17H13N3O2. The molecule has 0 fully saturated rings. The highest BCUT2D eigenvalue weighted by Crippen LogP contribution is 2.25. The van der Waals surface area contributed by atoms with Gasteiger partial charge in [-0.2, -0.15) is 0 Å². The summed E-state index contributed by atoms with van der Waals surface area (Å²) < 4.78 is 5.77. The SMILES string of the molecule is O=C(Nc1ncccn1)c1ccccc1Oc1ccccc1. The first-order valence-electron chi connectivity index (χ1n) is 6.73. The van der Waals surface area contributed by atoms with Crippen molar-refractivity contribution in [3.8, 4) is 11.5 Å². The molecule has 5 nitrogen and oxygen atoms in total. The van der Waals surface area contributed by atoms with Gasteiger partial charge >= 0.3 is 0 Å². The summed E-state index contributed by atoms with van der Waals surface area (Å²) in [7, 11) is 0. The monoisotopic (exact) mass is 291 g/mol. The molecule has 0 saturated heterocycles. The van der Waals surface area contributed by atoms with Crippen molar-refractivity contribution in [2.45, 2.75) is 0 Å². The van der Waals surface area contributed by atoms with Crippen molar-refractivity contribution in [3.05, 3.63) is 78.6 Å². The zero-order valence-electron chi connectivity index (χ0n) is 11.6. The fourth-order valence-corrected chi connectivity index (χ4v) is 1.89. The van der Waals surface area contributed by atoms with Gasteiger partial charge in [0.15, 0.2) is 0 Å². The summed E-state index contributed by atoms with van der Waals surface area (Å²) in [6.07, 6.45) is 3.13. The Kier molecular flexibility index (Phi) is 4.06. The standard InChI is InChI=1S/C17H13N3O2/c21-16(20-17-18-11-6-12-19-17)14-9-4-5-10-15(14)22-13-7-2-1-3-8-13/h1-12H,(H,18,19,20,21). The molecule has 22 heavy (non-hydrogen) atoms. The minimum atomic E-state index is -0.322. The fourth-order valence-electron chi connectivity index (χ4n) is 1.89. The molecule has 0 aliphatic rings. The number of hydrogen-bond donors (Lipinski definition) is 1. The van der Waals surface area contributed by atoms with Crippen molar-refractivity contribution in [2.24, 2.45) is 0 Å². The van der Waals surface area contributed by atoms with Crippen LogP contribution >= 0.6 is 0 Å². The van der Waals surface area contributed by atoms with Crippen LogP contribution in [0.2, 0.25) is 0 Å². The van der Waals surface area contributed by atoms with Gasteiger partial charge in [-0.15, -0.1) is 0 Å². The number of amides is 1. The summed E-state index contributed by atoms with van der Waals surface area (Å²) in [5.74, 6) is 1.07. The van der Waals surface area contributed by atoms with Crippen LogP contribution in [0, 0.1) is 0 Å². The smallest absolute Gasteiger partial charge is 0.261 e. The highest BCUT2D eigenvalue weighted by Gasteiger charge is 2.13. The molecule has 1 aromatic heterocycles. The second-order valence-corrected chi connectivity index (χ2v) is 4.44. The summed E-state index contributed by atoms with van der Waals surface area (Å²) in [6.45, 7) is 0. The molecule has 1 heterocycles. The van der Waals surface area contributed by atoms with Crippen molar-refractivity contribution < 1.29 is 9.53 Å². The van der Waals surface area contributed by atoms with E-state index in [9.17, 15) is 4.79 Å². The Bertz CT molecular complexity index is 761. The van der Waals surface area contributed by atoms with Crippen molar-refractivity contribution >= 4 is 11.9 Å². The van der Waals surface area contributed by atoms with E-state index in [2.05, 4.69) is 15.3 Å². The molecular weight excluding hydrogens is 278 g/mol. The summed E-state index contributed by atoms with van der Waals surface area (Å²) in [5.41, 5.74) is 0.416. The predicted molar refractivity (Wildman–Crippen MR) is 82.9 cm³/mol. The summed E-state index contributed by atoms with van der Waals surface area (Å²) in [5, 5.41) is 2.64. The van der Waals surface area contributed by atoms with Gasteiger partial charge in [-0.05, 0) is 30.3 Å². The van der Waals surface area contributed by atoms with Crippen LogP contribution in [0.25, 0.3) is 0 Å². The molecule has 0 saturated carbocycles. The molecule has 0 spiro atoms. The lowest BCUT2D eigenvalue weighted by Crippen LogP contribution is -2.14. The number of carbonyl (C=O) groups is 1. The minimum absolute atomic E-state index is 0.252. The fraction of sp³-hybridized carbons (Fsp3) is 0. The van der Waals surface area contributed by atoms with Gasteiger partial charge in [0.25, 0.3) is 5.91 Å². The Morgan fingerprint density at radius 2 is 1.55 bits per heavy atom. The number of para-hydroxylation sites is 2. The van der Waals surface area contributed by atoms with Crippen LogP contribution in [-0.2, 0) is 0 Å². The largest absolute Gasteiger partial charge is 0.457 e. The number of nitrogens with zero attached hydrogens (tertiary/aromatic N) is 2. The molecule has 5 heteroatoms. The number of ether oxygens (including phenoxy) is 1. The van der Waals surface area contributed by atoms with E-state index in [1.807, 2.05) is 36.4 Å². The van der Waals surface area contributed by atoms with Gasteiger partial charge in [-0.3, -0.25) is 10.1 Å². The molecule has 3 rings (SSSR count). The van der Waals surface area contributed by atoms with Crippen LogP contribution in [0.4, 0.5) is 5.95 Å². The molecule has 3 aromatic rings. The maximum Gasteiger partial charge on any atom is 0.261 e. The average molecular weight is 291 g/mol. The average Bonchev–Trinajstić information content (AvgIpc) is 2.57. The molecule has 0 radical (unpaired) electrons. The summed E-state index contributed by atoms with van der Waals surface area (Å²) in [4.78, 5) is 20.3. The molecule has 0 aliphatic carbocycles. The maximum absolute atomic E-state index is 12.4. The van der Waals surface area contributed by atoms with Crippen LogP contribution in [0.3, 0.4) is 0 Å². The molecule has 0 bridgehead atoms. The number of aromatic nitrogens is 2. The van der Waals surface area contributed by atoms with Crippen LogP contribution in [-0.4, -0.2) is 15.9 Å². The number of rotatable bonds is 4. The lowest BCUT2D eigenvalue weighted by molar-refractivity contribution is 0.102. The van der Waals surface area contributed by atoms with Crippen LogP contribution in [0.5, 0.6) is 11.5 Å². The van der Waals surface area contributed by atoms with Crippen LogP contribution < -0.4 is 10.1 Å². The summed E-state index contributed by atoms with van der Waals surface area (Å²) in [6, 6.07) is 18.0. The molecule has 0 atom stereocenters. The first kappa shape index (κ1) is 13.8. The van der Waals surface area contributed by atoms with Crippen LogP contribution in [0.1, 0.15) is 10.4 Å². The van der Waals surface area contributed by atoms with Crippen molar-refractivity contribution in [2.75, 3.05) is 5.32 Å². The number of hydrogen-bond acceptors (Lipinski definition) is 4. The third-order valence-corrected chi connectivity index (χ3v) is 2.89. The van der Waals surface area contributed by atoms with E-state index in [0.29, 0.717) is 17.1 Å². The lowest BCUT2D eigenvalue weighted by atomic mass is 10.2. The first-order valence-corrected chi connectivity index (χ1v) is 6.73. The van der Waals surface area contributed by atoms with Gasteiger partial charge < -0.3 is 4.74 Å². The van der Waals surface area contributed by atoms with E-state index >= 15 is 0 Å². The van der Waals surface area contributed by atoms with Gasteiger partial charge in [-0.1, -0.05) is 30.3 Å². The van der Waals surface area contributed by atoms with Gasteiger partial charge in [0.1, 0.15) is 11.5 Å². The number of benzene rings is 2. The van der Waals surface area contributed by atoms with Crippen molar-refractivity contribution in [3.63, 3.8) is 0 Å². The molecule has 0 unspecified atom stereocenters. The Balaban J connectivity index is 1.83. The number of nitrogens with one attached hydrogen (secondary N) is 1. The van der Waals surface area contributed by atoms with Gasteiger partial charge in [0.05, 0.1) is 5.56 Å². The highest BCUT2D eigenvalue weighted by molar-refractivity contribution is 6.05. The normalized spacial score (nSPS) is 10.0. The summed E-state index contributed by atoms with van der Waals surface area (Å²) >= 11 is 0. The van der Waals surface area contributed by atoms with Crippen LogP contribution in [0.15, 0.2) is 73.1 Å². The Morgan fingerprint density at radius 3 is 2.32 bits per heavy atom. The second-order valence-electron chi connectivity index (χ2n) is 4.44. The van der Waals surface area contributed by atoms with Crippen molar-refractivity contribution in [1.29, 1.82) is 0 Å². The zero-order valence-corrected chi connectivity index (χ0v) is 11.6. The molecule has 108 valence electrons. The Hall–Kier alpha value is -3.21. The van der Waals surface area contributed by atoms with E-state index in [1.54, 1.807) is 36.7 Å². The van der Waals surface area contributed by atoms with Gasteiger partial charge in [0.2, 0.25) is 5.95 Å². The lowest BCUT2D eigenvalue weighted by Gasteiger charge is -2.10. The van der Waals surface area contributed by atoms with Gasteiger partial charge in [-0.25, -0.2) is 9.97 Å². The van der Waals surface area contributed by atoms with E-state index < -0.39 is 0 Å². The molecule has 0 aliphatic heterocycles. The number of carbonyl (C=O) groups excluding carboxylic acids is 1. The van der Waals surface area contributed by atoms with Crippen molar-refractivity contribution in [1.82, 2.24) is 9.97 Å². The molecule has 1 N–H and O–H groups in total. The molecule has 2 aromatic carbocycles. The first-order chi connectivity index (χ1) is 10.8. The highest BCUT2D eigenvalue weighted by atomic mass is 16.5.